The minimum absolute atomic E-state index is 0.0509. The summed E-state index contributed by atoms with van der Waals surface area (Å²) in [6, 6.07) is 5.72. The molecular weight excluding hydrogens is 244 g/mol. The summed E-state index contributed by atoms with van der Waals surface area (Å²) in [5.41, 5.74) is 5.32. The maximum atomic E-state index is 10.5. The summed E-state index contributed by atoms with van der Waals surface area (Å²) in [5, 5.41) is 0. The van der Waals surface area contributed by atoms with E-state index in [1.165, 1.54) is 37.2 Å². The smallest absolute Gasteiger partial charge is 0.296 e. The fourth-order valence-electron chi connectivity index (χ4n) is 0.920. The fraction of sp³-hybridized carbons (Fsp3) is 0. The predicted molar refractivity (Wildman–Crippen MR) is 60.5 cm³/mol. The lowest BCUT2D eigenvalue weighted by Crippen LogP contribution is -2.01. The van der Waals surface area contributed by atoms with Crippen molar-refractivity contribution in [2.24, 2.45) is 0 Å². The fourth-order valence-corrected chi connectivity index (χ4v) is 1.54. The predicted octanol–water partition coefficient (Wildman–Crippen LogP) is 0.387. The topological polar surface area (TPSA) is 119 Å². The maximum Gasteiger partial charge on any atom is 0.296 e. The number of hydrogen-bond acceptors (Lipinski definition) is 6. The standard InChI is InChI=1S/C6H7NO3S.C3H3N3/c7-5-3-1-2-4-6(5)11(8,9)10;1-4-2-6-3-5-1/h1-4H,7H2,(H,8,9,10);1-3H. The Balaban J connectivity index is 0.000000202. The Morgan fingerprint density at radius 2 is 1.47 bits per heavy atom. The Hall–Kier alpha value is -2.06. The van der Waals surface area contributed by atoms with Crippen molar-refractivity contribution >= 4 is 15.8 Å². The molecule has 8 heteroatoms. The van der Waals surface area contributed by atoms with Crippen molar-refractivity contribution in [2.45, 2.75) is 4.90 Å². The lowest BCUT2D eigenvalue weighted by atomic mass is 10.3. The highest BCUT2D eigenvalue weighted by Crippen LogP contribution is 2.15. The molecule has 0 aliphatic rings. The molecular formula is C9H10N4O3S. The summed E-state index contributed by atoms with van der Waals surface area (Å²) in [4.78, 5) is 10.4. The number of anilines is 1. The van der Waals surface area contributed by atoms with Gasteiger partial charge in [0.05, 0.1) is 5.69 Å². The van der Waals surface area contributed by atoms with Crippen LogP contribution in [0.1, 0.15) is 0 Å². The first-order valence-corrected chi connectivity index (χ1v) is 5.83. The third-order valence-corrected chi connectivity index (χ3v) is 2.52. The van der Waals surface area contributed by atoms with Gasteiger partial charge in [0.1, 0.15) is 23.9 Å². The van der Waals surface area contributed by atoms with Gasteiger partial charge in [-0.1, -0.05) is 12.1 Å². The van der Waals surface area contributed by atoms with E-state index in [-0.39, 0.29) is 10.6 Å². The van der Waals surface area contributed by atoms with Gasteiger partial charge in [0, 0.05) is 0 Å². The van der Waals surface area contributed by atoms with E-state index in [2.05, 4.69) is 15.0 Å². The van der Waals surface area contributed by atoms with E-state index in [1.54, 1.807) is 6.07 Å². The molecule has 0 amide bonds. The number of hydrogen-bond donors (Lipinski definition) is 2. The SMILES string of the molecule is Nc1ccccc1S(=O)(=O)O.c1ncncn1. The molecule has 90 valence electrons. The van der Waals surface area contributed by atoms with Gasteiger partial charge in [-0.2, -0.15) is 8.42 Å². The zero-order chi connectivity index (χ0) is 12.7. The van der Waals surface area contributed by atoms with E-state index in [0.29, 0.717) is 0 Å². The molecule has 7 nitrogen and oxygen atoms in total. The highest BCUT2D eigenvalue weighted by Gasteiger charge is 2.11. The molecule has 17 heavy (non-hydrogen) atoms. The van der Waals surface area contributed by atoms with Gasteiger partial charge in [0.2, 0.25) is 0 Å². The first kappa shape index (κ1) is 13.0. The van der Waals surface area contributed by atoms with Gasteiger partial charge in [-0.05, 0) is 12.1 Å². The Bertz CT molecular complexity index is 533. The quantitative estimate of drug-likeness (QED) is 0.557. The molecule has 0 saturated carbocycles. The normalized spacial score (nSPS) is 10.2. The molecule has 1 aromatic carbocycles. The van der Waals surface area contributed by atoms with Crippen molar-refractivity contribution in [3.8, 4) is 0 Å². The summed E-state index contributed by atoms with van der Waals surface area (Å²) in [6.45, 7) is 0. The largest absolute Gasteiger partial charge is 0.398 e. The second-order valence-corrected chi connectivity index (χ2v) is 4.20. The van der Waals surface area contributed by atoms with Gasteiger partial charge in [0.15, 0.2) is 0 Å². The number of benzene rings is 1. The number of rotatable bonds is 1. The van der Waals surface area contributed by atoms with Gasteiger partial charge in [-0.3, -0.25) is 4.55 Å². The van der Waals surface area contributed by atoms with Crippen LogP contribution in [0.3, 0.4) is 0 Å². The van der Waals surface area contributed by atoms with Gasteiger partial charge in [-0.25, -0.2) is 15.0 Å². The Morgan fingerprint density at radius 3 is 1.76 bits per heavy atom. The van der Waals surface area contributed by atoms with Crippen LogP contribution < -0.4 is 5.73 Å². The van der Waals surface area contributed by atoms with Gasteiger partial charge in [-0.15, -0.1) is 0 Å². The highest BCUT2D eigenvalue weighted by molar-refractivity contribution is 7.86. The van der Waals surface area contributed by atoms with E-state index in [9.17, 15) is 8.42 Å². The lowest BCUT2D eigenvalue weighted by molar-refractivity contribution is 0.483. The van der Waals surface area contributed by atoms with E-state index < -0.39 is 10.1 Å². The molecule has 0 fully saturated rings. The van der Waals surface area contributed by atoms with Crippen LogP contribution in [0.25, 0.3) is 0 Å². The van der Waals surface area contributed by atoms with Crippen molar-refractivity contribution in [3.05, 3.63) is 43.2 Å². The number of nitrogens with zero attached hydrogens (tertiary/aromatic N) is 3. The Labute approximate surface area is 98.1 Å². The zero-order valence-electron chi connectivity index (χ0n) is 8.63. The molecule has 0 spiro atoms. The van der Waals surface area contributed by atoms with Gasteiger partial charge < -0.3 is 5.73 Å². The second kappa shape index (κ2) is 5.87. The van der Waals surface area contributed by atoms with Crippen molar-refractivity contribution in [3.63, 3.8) is 0 Å². The molecule has 0 aliphatic heterocycles. The van der Waals surface area contributed by atoms with E-state index >= 15 is 0 Å². The number of nitrogens with two attached hydrogens (primary N) is 1. The maximum absolute atomic E-state index is 10.5. The summed E-state index contributed by atoms with van der Waals surface area (Å²) in [7, 11) is -4.16. The first-order chi connectivity index (χ1) is 8.02. The van der Waals surface area contributed by atoms with Crippen molar-refractivity contribution in [1.82, 2.24) is 15.0 Å². The van der Waals surface area contributed by atoms with E-state index in [1.807, 2.05) is 0 Å². The molecule has 0 unspecified atom stereocenters. The Kier molecular flexibility index (Phi) is 4.49. The monoisotopic (exact) mass is 254 g/mol. The van der Waals surface area contributed by atoms with Crippen LogP contribution in [-0.2, 0) is 10.1 Å². The highest BCUT2D eigenvalue weighted by atomic mass is 32.2. The number of nitrogen functional groups attached to an aromatic ring is 1. The summed E-state index contributed by atoms with van der Waals surface area (Å²) >= 11 is 0. The minimum Gasteiger partial charge on any atom is -0.398 e. The van der Waals surface area contributed by atoms with Crippen molar-refractivity contribution in [2.75, 3.05) is 5.73 Å². The van der Waals surface area contributed by atoms with Crippen LogP contribution in [0.5, 0.6) is 0 Å². The molecule has 0 radical (unpaired) electrons. The second-order valence-electron chi connectivity index (χ2n) is 2.81. The van der Waals surface area contributed by atoms with Crippen LogP contribution >= 0.6 is 0 Å². The third kappa shape index (κ3) is 4.53. The van der Waals surface area contributed by atoms with Crippen LogP contribution in [0.2, 0.25) is 0 Å². The molecule has 2 aromatic rings. The van der Waals surface area contributed by atoms with E-state index in [4.69, 9.17) is 10.3 Å². The molecule has 0 atom stereocenters. The average Bonchev–Trinajstić information content (AvgIpc) is 2.31. The Morgan fingerprint density at radius 1 is 1.00 bits per heavy atom. The number of para-hydroxylation sites is 1. The third-order valence-electron chi connectivity index (χ3n) is 1.60. The summed E-state index contributed by atoms with van der Waals surface area (Å²) in [5.74, 6) is 0. The molecule has 0 bridgehead atoms. The number of aromatic nitrogens is 3. The zero-order valence-corrected chi connectivity index (χ0v) is 9.45. The minimum atomic E-state index is -4.16. The molecule has 1 aromatic heterocycles. The van der Waals surface area contributed by atoms with Crippen LogP contribution in [-0.4, -0.2) is 27.9 Å². The molecule has 0 aliphatic carbocycles. The average molecular weight is 254 g/mol. The van der Waals surface area contributed by atoms with Crippen molar-refractivity contribution < 1.29 is 13.0 Å². The lowest BCUT2D eigenvalue weighted by Gasteiger charge is -1.98. The van der Waals surface area contributed by atoms with Crippen LogP contribution in [0.4, 0.5) is 5.69 Å². The first-order valence-electron chi connectivity index (χ1n) is 4.39. The van der Waals surface area contributed by atoms with Crippen molar-refractivity contribution in [1.29, 1.82) is 0 Å². The van der Waals surface area contributed by atoms with Crippen LogP contribution in [0, 0.1) is 0 Å². The van der Waals surface area contributed by atoms with Gasteiger partial charge >= 0.3 is 0 Å². The summed E-state index contributed by atoms with van der Waals surface area (Å²) in [6.07, 6.45) is 4.31. The summed E-state index contributed by atoms with van der Waals surface area (Å²) < 4.78 is 29.6. The molecule has 2 rings (SSSR count). The van der Waals surface area contributed by atoms with E-state index in [0.717, 1.165) is 0 Å². The molecule has 0 saturated heterocycles. The van der Waals surface area contributed by atoms with Crippen LogP contribution in [0.15, 0.2) is 48.1 Å². The van der Waals surface area contributed by atoms with Gasteiger partial charge in [0.25, 0.3) is 10.1 Å². The molecule has 3 N–H and O–H groups in total. The molecule has 1 heterocycles.